The zero-order valence-corrected chi connectivity index (χ0v) is 17.2. The number of rotatable bonds is 4. The predicted octanol–water partition coefficient (Wildman–Crippen LogP) is 5.22. The Bertz CT molecular complexity index is 958. The SMILES string of the molecule is Cn1nc(C(C)(C)C)cc1NC(=O)Nc1ccc(Sc2ccc(O)cc2)cc1. The highest BCUT2D eigenvalue weighted by atomic mass is 32.2. The maximum Gasteiger partial charge on any atom is 0.324 e. The molecule has 0 saturated heterocycles. The van der Waals surface area contributed by atoms with Gasteiger partial charge in [0, 0.05) is 34.0 Å². The summed E-state index contributed by atoms with van der Waals surface area (Å²) >= 11 is 1.58. The van der Waals surface area contributed by atoms with Crippen LogP contribution in [0.3, 0.4) is 0 Å². The van der Waals surface area contributed by atoms with Crippen molar-refractivity contribution in [2.75, 3.05) is 10.6 Å². The maximum atomic E-state index is 12.3. The van der Waals surface area contributed by atoms with Crippen LogP contribution in [0, 0.1) is 0 Å². The third-order valence-electron chi connectivity index (χ3n) is 4.07. The van der Waals surface area contributed by atoms with Gasteiger partial charge in [-0.3, -0.25) is 10.00 Å². The first-order valence-corrected chi connectivity index (χ1v) is 9.72. The van der Waals surface area contributed by atoms with E-state index in [1.54, 1.807) is 35.6 Å². The summed E-state index contributed by atoms with van der Waals surface area (Å²) in [6.45, 7) is 6.24. The lowest BCUT2D eigenvalue weighted by Gasteiger charge is -2.13. The lowest BCUT2D eigenvalue weighted by atomic mass is 9.92. The second-order valence-electron chi connectivity index (χ2n) is 7.49. The zero-order valence-electron chi connectivity index (χ0n) is 16.4. The van der Waals surface area contributed by atoms with Crippen LogP contribution in [0.15, 0.2) is 64.4 Å². The number of anilines is 2. The van der Waals surface area contributed by atoms with Crippen molar-refractivity contribution in [3.8, 4) is 5.75 Å². The van der Waals surface area contributed by atoms with Gasteiger partial charge in [-0.05, 0) is 48.5 Å². The van der Waals surface area contributed by atoms with Gasteiger partial charge >= 0.3 is 6.03 Å². The number of hydrogen-bond donors (Lipinski definition) is 3. The third-order valence-corrected chi connectivity index (χ3v) is 5.09. The van der Waals surface area contributed by atoms with E-state index in [-0.39, 0.29) is 17.2 Å². The molecule has 0 saturated carbocycles. The minimum Gasteiger partial charge on any atom is -0.508 e. The van der Waals surface area contributed by atoms with E-state index in [9.17, 15) is 9.90 Å². The summed E-state index contributed by atoms with van der Waals surface area (Å²) in [5, 5.41) is 19.5. The number of urea groups is 1. The molecule has 0 bridgehead atoms. The zero-order chi connectivity index (χ0) is 20.3. The van der Waals surface area contributed by atoms with Crippen molar-refractivity contribution in [3.63, 3.8) is 0 Å². The molecule has 2 amide bonds. The van der Waals surface area contributed by atoms with Crippen molar-refractivity contribution in [2.24, 2.45) is 7.05 Å². The molecule has 28 heavy (non-hydrogen) atoms. The highest BCUT2D eigenvalue weighted by Gasteiger charge is 2.19. The van der Waals surface area contributed by atoms with Crippen LogP contribution in [0.1, 0.15) is 26.5 Å². The van der Waals surface area contributed by atoms with Gasteiger partial charge in [-0.25, -0.2) is 4.79 Å². The first-order chi connectivity index (χ1) is 13.2. The number of carbonyl (C=O) groups excluding carboxylic acids is 1. The number of benzene rings is 2. The van der Waals surface area contributed by atoms with Crippen LogP contribution in [-0.4, -0.2) is 20.9 Å². The highest BCUT2D eigenvalue weighted by molar-refractivity contribution is 7.99. The standard InChI is InChI=1S/C21H24N4O2S/c1-21(2,3)18-13-19(25(4)24-18)23-20(27)22-14-5-9-16(10-6-14)28-17-11-7-15(26)8-12-17/h5-13,26H,1-4H3,(H2,22,23,27). The summed E-state index contributed by atoms with van der Waals surface area (Å²) in [7, 11) is 1.81. The van der Waals surface area contributed by atoms with Crippen molar-refractivity contribution in [1.29, 1.82) is 0 Å². The van der Waals surface area contributed by atoms with Gasteiger partial charge in [-0.2, -0.15) is 5.10 Å². The lowest BCUT2D eigenvalue weighted by molar-refractivity contribution is 0.262. The topological polar surface area (TPSA) is 79.2 Å². The van der Waals surface area contributed by atoms with Gasteiger partial charge in [-0.15, -0.1) is 0 Å². The number of hydrogen-bond acceptors (Lipinski definition) is 4. The Morgan fingerprint density at radius 2 is 1.57 bits per heavy atom. The molecule has 0 spiro atoms. The Hall–Kier alpha value is -2.93. The number of phenols is 1. The molecular formula is C21H24N4O2S. The summed E-state index contributed by atoms with van der Waals surface area (Å²) in [6.07, 6.45) is 0. The van der Waals surface area contributed by atoms with Crippen LogP contribution >= 0.6 is 11.8 Å². The molecule has 0 atom stereocenters. The van der Waals surface area contributed by atoms with E-state index < -0.39 is 0 Å². The Labute approximate surface area is 169 Å². The second-order valence-corrected chi connectivity index (χ2v) is 8.63. The van der Waals surface area contributed by atoms with Gasteiger partial charge in [0.1, 0.15) is 11.6 Å². The fourth-order valence-electron chi connectivity index (χ4n) is 2.49. The fourth-order valence-corrected chi connectivity index (χ4v) is 3.30. The molecular weight excluding hydrogens is 372 g/mol. The number of phenolic OH excluding ortho intramolecular Hbond substituents is 1. The Morgan fingerprint density at radius 3 is 2.11 bits per heavy atom. The molecule has 2 aromatic carbocycles. The molecule has 7 heteroatoms. The van der Waals surface area contributed by atoms with Gasteiger partial charge in [0.05, 0.1) is 5.69 Å². The van der Waals surface area contributed by atoms with Crippen molar-refractivity contribution >= 4 is 29.3 Å². The van der Waals surface area contributed by atoms with E-state index in [1.807, 2.05) is 42.5 Å². The lowest BCUT2D eigenvalue weighted by Crippen LogP contribution is -2.20. The first-order valence-electron chi connectivity index (χ1n) is 8.90. The largest absolute Gasteiger partial charge is 0.508 e. The number of nitrogens with zero attached hydrogens (tertiary/aromatic N) is 2. The Kier molecular flexibility index (Phi) is 5.65. The van der Waals surface area contributed by atoms with Crippen LogP contribution < -0.4 is 10.6 Å². The van der Waals surface area contributed by atoms with Gasteiger partial charge < -0.3 is 10.4 Å². The molecule has 0 fully saturated rings. The van der Waals surface area contributed by atoms with Crippen LogP contribution in [0.2, 0.25) is 0 Å². The summed E-state index contributed by atoms with van der Waals surface area (Å²) in [5.74, 6) is 0.889. The molecule has 0 aliphatic heterocycles. The van der Waals surface area contributed by atoms with Crippen molar-refractivity contribution in [2.45, 2.75) is 36.0 Å². The van der Waals surface area contributed by atoms with E-state index in [1.165, 1.54) is 0 Å². The number of aromatic hydroxyl groups is 1. The average molecular weight is 397 g/mol. The molecule has 0 radical (unpaired) electrons. The Morgan fingerprint density at radius 1 is 1.00 bits per heavy atom. The summed E-state index contributed by atoms with van der Waals surface area (Å²) < 4.78 is 1.66. The monoisotopic (exact) mass is 396 g/mol. The smallest absolute Gasteiger partial charge is 0.324 e. The van der Waals surface area contributed by atoms with E-state index >= 15 is 0 Å². The quantitative estimate of drug-likeness (QED) is 0.565. The van der Waals surface area contributed by atoms with Crippen LogP contribution in [0.4, 0.5) is 16.3 Å². The summed E-state index contributed by atoms with van der Waals surface area (Å²) in [5.41, 5.74) is 1.53. The van der Waals surface area contributed by atoms with Crippen molar-refractivity contribution in [3.05, 3.63) is 60.3 Å². The molecule has 0 aliphatic rings. The maximum absolute atomic E-state index is 12.3. The predicted molar refractivity (Wildman–Crippen MR) is 113 cm³/mol. The number of amides is 2. The minimum atomic E-state index is -0.317. The van der Waals surface area contributed by atoms with E-state index in [4.69, 9.17) is 0 Å². The van der Waals surface area contributed by atoms with E-state index in [2.05, 4.69) is 36.5 Å². The number of nitrogens with one attached hydrogen (secondary N) is 2. The first kappa shape index (κ1) is 19.8. The van der Waals surface area contributed by atoms with E-state index in [0.717, 1.165) is 15.5 Å². The molecule has 146 valence electrons. The molecule has 6 nitrogen and oxygen atoms in total. The van der Waals surface area contributed by atoms with Crippen LogP contribution in [0.25, 0.3) is 0 Å². The summed E-state index contributed by atoms with van der Waals surface area (Å²) in [4.78, 5) is 14.4. The molecule has 3 N–H and O–H groups in total. The second kappa shape index (κ2) is 7.98. The van der Waals surface area contributed by atoms with Gasteiger partial charge in [0.25, 0.3) is 0 Å². The highest BCUT2D eigenvalue weighted by Crippen LogP contribution is 2.29. The van der Waals surface area contributed by atoms with Crippen LogP contribution in [0.5, 0.6) is 5.75 Å². The number of carbonyl (C=O) groups is 1. The molecule has 3 rings (SSSR count). The molecule has 1 heterocycles. The fraction of sp³-hybridized carbons (Fsp3) is 0.238. The molecule has 0 unspecified atom stereocenters. The number of aromatic nitrogens is 2. The third kappa shape index (κ3) is 5.07. The van der Waals surface area contributed by atoms with Gasteiger partial charge in [0.2, 0.25) is 0 Å². The molecule has 3 aromatic rings. The van der Waals surface area contributed by atoms with Crippen molar-refractivity contribution < 1.29 is 9.90 Å². The van der Waals surface area contributed by atoms with Crippen LogP contribution in [-0.2, 0) is 12.5 Å². The van der Waals surface area contributed by atoms with Gasteiger partial charge in [-0.1, -0.05) is 32.5 Å². The van der Waals surface area contributed by atoms with Gasteiger partial charge in [0.15, 0.2) is 0 Å². The molecule has 0 aliphatic carbocycles. The number of aryl methyl sites for hydroxylation is 1. The van der Waals surface area contributed by atoms with E-state index in [0.29, 0.717) is 11.5 Å². The molecule has 1 aromatic heterocycles. The minimum absolute atomic E-state index is 0.0842. The van der Waals surface area contributed by atoms with Crippen molar-refractivity contribution in [1.82, 2.24) is 9.78 Å². The average Bonchev–Trinajstić information content (AvgIpc) is 2.99. The normalized spacial score (nSPS) is 11.3. The summed E-state index contributed by atoms with van der Waals surface area (Å²) in [6, 6.07) is 16.2. The Balaban J connectivity index is 1.60.